The van der Waals surface area contributed by atoms with Gasteiger partial charge in [-0.1, -0.05) is 6.92 Å². The van der Waals surface area contributed by atoms with E-state index in [0.717, 1.165) is 50.5 Å². The normalized spacial score (nSPS) is 11.3. The van der Waals surface area contributed by atoms with Crippen molar-refractivity contribution in [2.24, 2.45) is 0 Å². The van der Waals surface area contributed by atoms with Crippen molar-refractivity contribution in [3.05, 3.63) is 23.7 Å². The fraction of sp³-hybridized carbons (Fsp3) is 0.714. The van der Waals surface area contributed by atoms with E-state index in [2.05, 4.69) is 26.1 Å². The van der Waals surface area contributed by atoms with E-state index < -0.39 is 0 Å². The van der Waals surface area contributed by atoms with Crippen LogP contribution in [0, 0.1) is 0 Å². The van der Waals surface area contributed by atoms with E-state index in [1.807, 2.05) is 12.1 Å². The van der Waals surface area contributed by atoms with Crippen LogP contribution in [0.2, 0.25) is 0 Å². The van der Waals surface area contributed by atoms with Gasteiger partial charge in [-0.25, -0.2) is 0 Å². The van der Waals surface area contributed by atoms with Crippen LogP contribution in [0.3, 0.4) is 0 Å². The summed E-state index contributed by atoms with van der Waals surface area (Å²) in [6, 6.07) is 4.10. The van der Waals surface area contributed by atoms with E-state index in [1.54, 1.807) is 0 Å². The van der Waals surface area contributed by atoms with Crippen molar-refractivity contribution >= 4 is 0 Å². The highest BCUT2D eigenvalue weighted by atomic mass is 16.5. The smallest absolute Gasteiger partial charge is 0.117 e. The summed E-state index contributed by atoms with van der Waals surface area (Å²) in [4.78, 5) is 0. The number of hydrogen-bond acceptors (Lipinski definition) is 3. The molecule has 3 nitrogen and oxygen atoms in total. The Morgan fingerprint density at radius 2 is 2.00 bits per heavy atom. The molecule has 0 aliphatic rings. The van der Waals surface area contributed by atoms with Crippen LogP contribution >= 0.6 is 0 Å². The lowest BCUT2D eigenvalue weighted by Crippen LogP contribution is -2.15. The summed E-state index contributed by atoms with van der Waals surface area (Å²) < 4.78 is 11.1. The van der Waals surface area contributed by atoms with E-state index in [1.165, 1.54) is 0 Å². The molecule has 1 heterocycles. The minimum atomic E-state index is 0.346. The molecule has 98 valence electrons. The first-order valence-electron chi connectivity index (χ1n) is 6.62. The average molecular weight is 239 g/mol. The highest BCUT2D eigenvalue weighted by molar-refractivity contribution is 5.06. The van der Waals surface area contributed by atoms with Crippen LogP contribution < -0.4 is 5.32 Å². The second-order valence-corrected chi connectivity index (χ2v) is 4.53. The van der Waals surface area contributed by atoms with Gasteiger partial charge in [0.05, 0.1) is 12.6 Å². The third kappa shape index (κ3) is 6.49. The fourth-order valence-electron chi connectivity index (χ4n) is 1.59. The number of furan rings is 1. The zero-order valence-corrected chi connectivity index (χ0v) is 11.3. The van der Waals surface area contributed by atoms with Gasteiger partial charge in [0.25, 0.3) is 0 Å². The van der Waals surface area contributed by atoms with E-state index in [9.17, 15) is 0 Å². The Morgan fingerprint density at radius 1 is 1.24 bits per heavy atom. The van der Waals surface area contributed by atoms with Gasteiger partial charge in [0.1, 0.15) is 11.5 Å². The molecule has 0 saturated heterocycles. The van der Waals surface area contributed by atoms with Crippen LogP contribution in [-0.2, 0) is 17.7 Å². The minimum Gasteiger partial charge on any atom is -0.465 e. The Morgan fingerprint density at radius 3 is 2.65 bits per heavy atom. The molecule has 0 aliphatic carbocycles. The van der Waals surface area contributed by atoms with Gasteiger partial charge < -0.3 is 14.5 Å². The largest absolute Gasteiger partial charge is 0.465 e. The van der Waals surface area contributed by atoms with E-state index in [0.29, 0.717) is 6.10 Å². The third-order valence-corrected chi connectivity index (χ3v) is 2.56. The van der Waals surface area contributed by atoms with Gasteiger partial charge in [0.2, 0.25) is 0 Å². The predicted octanol–water partition coefficient (Wildman–Crippen LogP) is 3.14. The Bertz CT molecular complexity index is 294. The number of nitrogens with one attached hydrogen (secondary N) is 1. The summed E-state index contributed by atoms with van der Waals surface area (Å²) in [5, 5.41) is 3.38. The summed E-state index contributed by atoms with van der Waals surface area (Å²) in [5.41, 5.74) is 0. The van der Waals surface area contributed by atoms with Gasteiger partial charge in [-0.15, -0.1) is 0 Å². The molecule has 0 atom stereocenters. The molecule has 3 heteroatoms. The third-order valence-electron chi connectivity index (χ3n) is 2.56. The summed E-state index contributed by atoms with van der Waals surface area (Å²) in [7, 11) is 0. The van der Waals surface area contributed by atoms with Crippen molar-refractivity contribution in [2.45, 2.75) is 52.7 Å². The SMILES string of the molecule is CCc1ccc(CNCCCCOC(C)C)o1. The van der Waals surface area contributed by atoms with Crippen molar-refractivity contribution in [1.82, 2.24) is 5.32 Å². The molecule has 0 aliphatic heterocycles. The van der Waals surface area contributed by atoms with Crippen molar-refractivity contribution in [1.29, 1.82) is 0 Å². The molecule has 17 heavy (non-hydrogen) atoms. The lowest BCUT2D eigenvalue weighted by Gasteiger charge is -2.07. The first-order valence-corrected chi connectivity index (χ1v) is 6.62. The Balaban J connectivity index is 1.97. The summed E-state index contributed by atoms with van der Waals surface area (Å²) in [6.07, 6.45) is 3.57. The Hall–Kier alpha value is -0.800. The fourth-order valence-corrected chi connectivity index (χ4v) is 1.59. The van der Waals surface area contributed by atoms with Gasteiger partial charge in [0, 0.05) is 13.0 Å². The molecule has 0 saturated carbocycles. The van der Waals surface area contributed by atoms with Gasteiger partial charge in [-0.3, -0.25) is 0 Å². The van der Waals surface area contributed by atoms with Crippen molar-refractivity contribution in [2.75, 3.05) is 13.2 Å². The molecule has 1 rings (SSSR count). The monoisotopic (exact) mass is 239 g/mol. The maximum absolute atomic E-state index is 5.60. The van der Waals surface area contributed by atoms with Crippen molar-refractivity contribution < 1.29 is 9.15 Å². The highest BCUT2D eigenvalue weighted by Gasteiger charge is 1.99. The molecular weight excluding hydrogens is 214 g/mol. The van der Waals surface area contributed by atoms with Gasteiger partial charge in [-0.05, 0) is 45.4 Å². The second kappa shape index (κ2) is 8.31. The molecule has 1 aromatic heterocycles. The quantitative estimate of drug-likeness (QED) is 0.672. The molecule has 0 bridgehead atoms. The van der Waals surface area contributed by atoms with Crippen LogP contribution in [0.5, 0.6) is 0 Å². The van der Waals surface area contributed by atoms with Crippen LogP contribution in [0.25, 0.3) is 0 Å². The standard InChI is InChI=1S/C14H25NO2/c1-4-13-7-8-14(17-13)11-15-9-5-6-10-16-12(2)3/h7-8,12,15H,4-6,9-11H2,1-3H3. The van der Waals surface area contributed by atoms with Crippen molar-refractivity contribution in [3.8, 4) is 0 Å². The first kappa shape index (κ1) is 14.3. The molecule has 1 N–H and O–H groups in total. The topological polar surface area (TPSA) is 34.4 Å². The molecule has 1 aromatic rings. The number of aryl methyl sites for hydroxylation is 1. The number of unbranched alkanes of at least 4 members (excludes halogenated alkanes) is 1. The lowest BCUT2D eigenvalue weighted by molar-refractivity contribution is 0.0760. The van der Waals surface area contributed by atoms with Crippen LogP contribution in [0.15, 0.2) is 16.5 Å². The van der Waals surface area contributed by atoms with E-state index >= 15 is 0 Å². The van der Waals surface area contributed by atoms with Crippen molar-refractivity contribution in [3.63, 3.8) is 0 Å². The Labute approximate surface area is 105 Å². The molecule has 0 radical (unpaired) electrons. The molecular formula is C14H25NO2. The second-order valence-electron chi connectivity index (χ2n) is 4.53. The van der Waals surface area contributed by atoms with Crippen LogP contribution in [0.4, 0.5) is 0 Å². The average Bonchev–Trinajstić information content (AvgIpc) is 2.75. The molecule has 0 aromatic carbocycles. The number of ether oxygens (including phenoxy) is 1. The maximum Gasteiger partial charge on any atom is 0.117 e. The molecule has 0 spiro atoms. The summed E-state index contributed by atoms with van der Waals surface area (Å²) in [6.45, 7) is 8.94. The molecule has 0 fully saturated rings. The van der Waals surface area contributed by atoms with Crippen LogP contribution in [-0.4, -0.2) is 19.3 Å². The van der Waals surface area contributed by atoms with E-state index in [-0.39, 0.29) is 0 Å². The lowest BCUT2D eigenvalue weighted by atomic mass is 10.3. The van der Waals surface area contributed by atoms with E-state index in [4.69, 9.17) is 9.15 Å². The Kier molecular flexibility index (Phi) is 6.97. The highest BCUT2D eigenvalue weighted by Crippen LogP contribution is 2.07. The first-order chi connectivity index (χ1) is 8.22. The predicted molar refractivity (Wildman–Crippen MR) is 70.1 cm³/mol. The van der Waals surface area contributed by atoms with Gasteiger partial charge in [-0.2, -0.15) is 0 Å². The minimum absolute atomic E-state index is 0.346. The van der Waals surface area contributed by atoms with Crippen LogP contribution in [0.1, 0.15) is 45.1 Å². The summed E-state index contributed by atoms with van der Waals surface area (Å²) in [5.74, 6) is 2.09. The molecule has 0 amide bonds. The van der Waals surface area contributed by atoms with Gasteiger partial charge >= 0.3 is 0 Å². The zero-order valence-electron chi connectivity index (χ0n) is 11.3. The number of hydrogen-bond donors (Lipinski definition) is 1. The van der Waals surface area contributed by atoms with Gasteiger partial charge in [0.15, 0.2) is 0 Å². The zero-order chi connectivity index (χ0) is 12.5. The number of rotatable bonds is 9. The summed E-state index contributed by atoms with van der Waals surface area (Å²) >= 11 is 0. The maximum atomic E-state index is 5.60. The molecule has 0 unspecified atom stereocenters.